The third-order valence-electron chi connectivity index (χ3n) is 3.09. The Labute approximate surface area is 113 Å². The van der Waals surface area contributed by atoms with Crippen molar-refractivity contribution in [1.29, 1.82) is 0 Å². The number of benzene rings is 1. The fourth-order valence-corrected chi connectivity index (χ4v) is 1.84. The molecule has 0 fully saturated rings. The summed E-state index contributed by atoms with van der Waals surface area (Å²) in [7, 11) is 0. The van der Waals surface area contributed by atoms with Gasteiger partial charge in [0.25, 0.3) is 0 Å². The van der Waals surface area contributed by atoms with Crippen molar-refractivity contribution in [2.75, 3.05) is 0 Å². The fourth-order valence-electron chi connectivity index (χ4n) is 1.84. The van der Waals surface area contributed by atoms with Gasteiger partial charge < -0.3 is 5.73 Å². The fraction of sp³-hybridized carbons (Fsp3) is 0.308. The molecule has 0 spiro atoms. The summed E-state index contributed by atoms with van der Waals surface area (Å²) in [6.07, 6.45) is -3.25. The summed E-state index contributed by atoms with van der Waals surface area (Å²) >= 11 is 0. The lowest BCUT2D eigenvalue weighted by Crippen LogP contribution is -2.23. The van der Waals surface area contributed by atoms with Crippen molar-refractivity contribution in [2.45, 2.75) is 25.2 Å². The number of hydrogen-bond acceptors (Lipinski definition) is 2. The summed E-state index contributed by atoms with van der Waals surface area (Å²) in [5.74, 6) is -0.396. The molecule has 0 amide bonds. The molecule has 0 radical (unpaired) electrons. The van der Waals surface area contributed by atoms with E-state index >= 15 is 0 Å². The summed E-state index contributed by atoms with van der Waals surface area (Å²) in [5, 5.41) is 3.48. The first kappa shape index (κ1) is 14.5. The Hall–Kier alpha value is -1.89. The van der Waals surface area contributed by atoms with Gasteiger partial charge in [-0.25, -0.2) is 4.39 Å². The first-order chi connectivity index (χ1) is 9.29. The van der Waals surface area contributed by atoms with E-state index in [0.717, 1.165) is 10.7 Å². The quantitative estimate of drug-likeness (QED) is 0.880. The van der Waals surface area contributed by atoms with Gasteiger partial charge in [-0.15, -0.1) is 0 Å². The van der Waals surface area contributed by atoms with Gasteiger partial charge in [0.1, 0.15) is 5.82 Å². The molecule has 0 aliphatic carbocycles. The van der Waals surface area contributed by atoms with Gasteiger partial charge in [0.15, 0.2) is 5.69 Å². The number of halogens is 4. The number of aromatic nitrogens is 2. The van der Waals surface area contributed by atoms with Crippen LogP contribution in [0.4, 0.5) is 17.6 Å². The molecule has 2 aromatic rings. The van der Waals surface area contributed by atoms with Crippen LogP contribution in [0, 0.1) is 5.82 Å². The molecular formula is C13H13F4N3. The third kappa shape index (κ3) is 2.98. The molecule has 0 saturated heterocycles. The summed E-state index contributed by atoms with van der Waals surface area (Å²) < 4.78 is 51.4. The highest BCUT2D eigenvalue weighted by molar-refractivity contribution is 5.20. The smallest absolute Gasteiger partial charge is 0.322 e. The molecule has 1 aromatic heterocycles. The van der Waals surface area contributed by atoms with Crippen molar-refractivity contribution in [2.24, 2.45) is 5.73 Å². The highest BCUT2D eigenvalue weighted by Crippen LogP contribution is 2.29. The van der Waals surface area contributed by atoms with Gasteiger partial charge >= 0.3 is 6.18 Å². The van der Waals surface area contributed by atoms with Gasteiger partial charge in [0.2, 0.25) is 0 Å². The Morgan fingerprint density at radius 2 is 1.75 bits per heavy atom. The van der Waals surface area contributed by atoms with Crippen molar-refractivity contribution >= 4 is 0 Å². The molecule has 1 aromatic carbocycles. The van der Waals surface area contributed by atoms with E-state index in [1.54, 1.807) is 6.92 Å². The zero-order chi connectivity index (χ0) is 14.9. The first-order valence-corrected chi connectivity index (χ1v) is 5.92. The van der Waals surface area contributed by atoms with Gasteiger partial charge in [-0.05, 0) is 30.7 Å². The van der Waals surface area contributed by atoms with Crippen molar-refractivity contribution in [3.8, 4) is 0 Å². The third-order valence-corrected chi connectivity index (χ3v) is 3.09. The zero-order valence-corrected chi connectivity index (χ0v) is 10.6. The normalized spacial score (nSPS) is 15.1. The van der Waals surface area contributed by atoms with E-state index in [2.05, 4.69) is 5.10 Å². The predicted molar refractivity (Wildman–Crippen MR) is 65.3 cm³/mol. The maximum atomic E-state index is 12.8. The highest BCUT2D eigenvalue weighted by atomic mass is 19.4. The van der Waals surface area contributed by atoms with Crippen LogP contribution < -0.4 is 5.73 Å². The molecule has 2 rings (SSSR count). The Bertz CT molecular complexity index is 574. The topological polar surface area (TPSA) is 43.8 Å². The van der Waals surface area contributed by atoms with Crippen LogP contribution >= 0.6 is 0 Å². The van der Waals surface area contributed by atoms with Gasteiger partial charge in [-0.3, -0.25) is 4.68 Å². The predicted octanol–water partition coefficient (Wildman–Crippen LogP) is 3.30. The summed E-state index contributed by atoms with van der Waals surface area (Å²) in [5.41, 5.74) is 5.64. The summed E-state index contributed by atoms with van der Waals surface area (Å²) in [6.45, 7) is 1.65. The molecule has 1 heterocycles. The van der Waals surface area contributed by atoms with E-state index in [1.807, 2.05) is 0 Å². The number of nitrogens with two attached hydrogens (primary N) is 1. The molecular weight excluding hydrogens is 274 g/mol. The molecule has 3 nitrogen and oxygen atoms in total. The lowest BCUT2D eigenvalue weighted by atomic mass is 10.0. The van der Waals surface area contributed by atoms with E-state index < -0.39 is 29.8 Å². The number of nitrogens with zero attached hydrogens (tertiary/aromatic N) is 2. The van der Waals surface area contributed by atoms with Gasteiger partial charge in [-0.1, -0.05) is 12.1 Å². The van der Waals surface area contributed by atoms with Crippen LogP contribution in [-0.4, -0.2) is 9.78 Å². The van der Waals surface area contributed by atoms with Crippen LogP contribution in [-0.2, 0) is 6.18 Å². The Morgan fingerprint density at radius 1 is 1.15 bits per heavy atom. The van der Waals surface area contributed by atoms with Crippen LogP contribution in [0.2, 0.25) is 0 Å². The monoisotopic (exact) mass is 287 g/mol. The van der Waals surface area contributed by atoms with E-state index in [1.165, 1.54) is 30.5 Å². The molecule has 108 valence electrons. The molecule has 20 heavy (non-hydrogen) atoms. The van der Waals surface area contributed by atoms with Gasteiger partial charge in [-0.2, -0.15) is 18.3 Å². The highest BCUT2D eigenvalue weighted by Gasteiger charge is 2.34. The van der Waals surface area contributed by atoms with Crippen LogP contribution in [0.15, 0.2) is 36.5 Å². The molecule has 2 N–H and O–H groups in total. The second-order valence-corrected chi connectivity index (χ2v) is 4.50. The van der Waals surface area contributed by atoms with E-state index in [0.29, 0.717) is 5.56 Å². The summed E-state index contributed by atoms with van der Waals surface area (Å²) in [6, 6.07) is 5.34. The van der Waals surface area contributed by atoms with Crippen molar-refractivity contribution < 1.29 is 17.6 Å². The number of alkyl halides is 3. The SMILES string of the molecule is CC(C(N)c1ccc(F)cc1)n1ccc(C(F)(F)F)n1. The lowest BCUT2D eigenvalue weighted by Gasteiger charge is -2.20. The zero-order valence-electron chi connectivity index (χ0n) is 10.6. The van der Waals surface area contributed by atoms with Gasteiger partial charge in [0, 0.05) is 6.20 Å². The van der Waals surface area contributed by atoms with E-state index in [-0.39, 0.29) is 0 Å². The van der Waals surface area contributed by atoms with Crippen molar-refractivity contribution in [1.82, 2.24) is 9.78 Å². The summed E-state index contributed by atoms with van der Waals surface area (Å²) in [4.78, 5) is 0. The van der Waals surface area contributed by atoms with E-state index in [4.69, 9.17) is 5.73 Å². The Kier molecular flexibility index (Phi) is 3.80. The maximum absolute atomic E-state index is 12.8. The lowest BCUT2D eigenvalue weighted by molar-refractivity contribution is -0.141. The molecule has 7 heteroatoms. The van der Waals surface area contributed by atoms with E-state index in [9.17, 15) is 17.6 Å². The number of rotatable bonds is 3. The largest absolute Gasteiger partial charge is 0.435 e. The molecule has 2 atom stereocenters. The van der Waals surface area contributed by atoms with Crippen molar-refractivity contribution in [3.63, 3.8) is 0 Å². The number of hydrogen-bond donors (Lipinski definition) is 1. The maximum Gasteiger partial charge on any atom is 0.435 e. The van der Waals surface area contributed by atoms with Gasteiger partial charge in [0.05, 0.1) is 12.1 Å². The molecule has 0 saturated carbocycles. The van der Waals surface area contributed by atoms with Crippen LogP contribution in [0.3, 0.4) is 0 Å². The van der Waals surface area contributed by atoms with Crippen LogP contribution in [0.1, 0.15) is 30.3 Å². The Balaban J connectivity index is 2.20. The molecule has 0 aliphatic rings. The minimum atomic E-state index is -4.48. The standard InChI is InChI=1S/C13H13F4N3/c1-8(12(18)9-2-4-10(14)5-3-9)20-7-6-11(19-20)13(15,16)17/h2-8,12H,18H2,1H3. The minimum Gasteiger partial charge on any atom is -0.322 e. The average molecular weight is 287 g/mol. The Morgan fingerprint density at radius 3 is 2.25 bits per heavy atom. The van der Waals surface area contributed by atoms with Crippen LogP contribution in [0.5, 0.6) is 0 Å². The minimum absolute atomic E-state index is 0.396. The first-order valence-electron chi connectivity index (χ1n) is 5.92. The second kappa shape index (κ2) is 5.24. The van der Waals surface area contributed by atoms with Crippen LogP contribution in [0.25, 0.3) is 0 Å². The van der Waals surface area contributed by atoms with Crippen molar-refractivity contribution in [3.05, 3.63) is 53.6 Å². The molecule has 2 unspecified atom stereocenters. The molecule has 0 aliphatic heterocycles. The average Bonchev–Trinajstić information content (AvgIpc) is 2.87. The molecule has 0 bridgehead atoms. The second-order valence-electron chi connectivity index (χ2n) is 4.50.